The highest BCUT2D eigenvalue weighted by Crippen LogP contribution is 2.27. The van der Waals surface area contributed by atoms with Crippen molar-refractivity contribution in [1.82, 2.24) is 0 Å². The SMILES string of the molecule is CCOc1cc(CCCl)ccc1NC(=O)C(CC)CC. The summed E-state index contributed by atoms with van der Waals surface area (Å²) in [5, 5.41) is 2.97. The topological polar surface area (TPSA) is 38.3 Å². The van der Waals surface area contributed by atoms with Crippen LogP contribution >= 0.6 is 11.6 Å². The van der Waals surface area contributed by atoms with Crippen molar-refractivity contribution in [1.29, 1.82) is 0 Å². The molecular formula is C16H24ClNO2. The van der Waals surface area contributed by atoms with Gasteiger partial charge in [-0.2, -0.15) is 0 Å². The number of carbonyl (C=O) groups excluding carboxylic acids is 1. The molecule has 0 saturated carbocycles. The van der Waals surface area contributed by atoms with Gasteiger partial charge in [0.15, 0.2) is 0 Å². The lowest BCUT2D eigenvalue weighted by atomic mass is 10.0. The molecule has 112 valence electrons. The van der Waals surface area contributed by atoms with Gasteiger partial charge >= 0.3 is 0 Å². The van der Waals surface area contributed by atoms with Gasteiger partial charge in [-0.15, -0.1) is 11.6 Å². The van der Waals surface area contributed by atoms with Crippen molar-refractivity contribution in [3.63, 3.8) is 0 Å². The summed E-state index contributed by atoms with van der Waals surface area (Å²) in [6.07, 6.45) is 2.48. The van der Waals surface area contributed by atoms with Crippen molar-refractivity contribution in [2.75, 3.05) is 17.8 Å². The fourth-order valence-electron chi connectivity index (χ4n) is 2.10. The van der Waals surface area contributed by atoms with Gasteiger partial charge in [-0.05, 0) is 43.9 Å². The molecule has 1 aromatic rings. The van der Waals surface area contributed by atoms with Crippen LogP contribution in [0.15, 0.2) is 18.2 Å². The molecule has 3 nitrogen and oxygen atoms in total. The fraction of sp³-hybridized carbons (Fsp3) is 0.562. The Labute approximate surface area is 126 Å². The number of amides is 1. The van der Waals surface area contributed by atoms with E-state index in [4.69, 9.17) is 16.3 Å². The van der Waals surface area contributed by atoms with Gasteiger partial charge in [0.05, 0.1) is 12.3 Å². The molecule has 0 atom stereocenters. The molecule has 1 amide bonds. The highest BCUT2D eigenvalue weighted by atomic mass is 35.5. The molecule has 0 aliphatic rings. The Morgan fingerprint density at radius 2 is 2.00 bits per heavy atom. The Morgan fingerprint density at radius 1 is 1.30 bits per heavy atom. The number of rotatable bonds is 8. The fourth-order valence-corrected chi connectivity index (χ4v) is 2.32. The molecule has 0 fully saturated rings. The number of anilines is 1. The van der Waals surface area contributed by atoms with Crippen LogP contribution in [0.25, 0.3) is 0 Å². The first-order valence-electron chi connectivity index (χ1n) is 7.28. The Hall–Kier alpha value is -1.22. The van der Waals surface area contributed by atoms with E-state index >= 15 is 0 Å². The zero-order valence-electron chi connectivity index (χ0n) is 12.5. The van der Waals surface area contributed by atoms with Gasteiger partial charge in [-0.3, -0.25) is 4.79 Å². The zero-order valence-corrected chi connectivity index (χ0v) is 13.3. The number of hydrogen-bond donors (Lipinski definition) is 1. The second kappa shape index (κ2) is 8.85. The maximum absolute atomic E-state index is 12.2. The maximum Gasteiger partial charge on any atom is 0.227 e. The highest BCUT2D eigenvalue weighted by molar-refractivity contribution is 6.18. The minimum absolute atomic E-state index is 0.0481. The van der Waals surface area contributed by atoms with Crippen LogP contribution in [0.1, 0.15) is 39.2 Å². The van der Waals surface area contributed by atoms with E-state index in [9.17, 15) is 4.79 Å². The number of hydrogen-bond acceptors (Lipinski definition) is 2. The number of nitrogens with one attached hydrogen (secondary N) is 1. The van der Waals surface area contributed by atoms with E-state index in [1.807, 2.05) is 39.0 Å². The standard InChI is InChI=1S/C16H24ClNO2/c1-4-13(5-2)16(19)18-14-8-7-12(9-10-17)11-15(14)20-6-3/h7-8,11,13H,4-6,9-10H2,1-3H3,(H,18,19). The number of alkyl halides is 1. The van der Waals surface area contributed by atoms with Crippen molar-refractivity contribution in [2.24, 2.45) is 5.92 Å². The van der Waals surface area contributed by atoms with Gasteiger partial charge in [0, 0.05) is 11.8 Å². The molecule has 1 rings (SSSR count). The van der Waals surface area contributed by atoms with Crippen molar-refractivity contribution in [2.45, 2.75) is 40.0 Å². The third kappa shape index (κ3) is 4.71. The lowest BCUT2D eigenvalue weighted by Crippen LogP contribution is -2.22. The Bertz CT molecular complexity index is 430. The lowest BCUT2D eigenvalue weighted by molar-refractivity contribution is -0.120. The molecular weight excluding hydrogens is 274 g/mol. The van der Waals surface area contributed by atoms with Crippen LogP contribution < -0.4 is 10.1 Å². The van der Waals surface area contributed by atoms with E-state index in [1.165, 1.54) is 0 Å². The molecule has 20 heavy (non-hydrogen) atoms. The number of halogens is 1. The van der Waals surface area contributed by atoms with Gasteiger partial charge < -0.3 is 10.1 Å². The average molecular weight is 298 g/mol. The molecule has 0 spiro atoms. The minimum atomic E-state index is 0.0481. The van der Waals surface area contributed by atoms with Crippen LogP contribution in [0, 0.1) is 5.92 Å². The third-order valence-corrected chi connectivity index (χ3v) is 3.53. The molecule has 0 aromatic heterocycles. The van der Waals surface area contributed by atoms with Gasteiger partial charge in [0.1, 0.15) is 5.75 Å². The van der Waals surface area contributed by atoms with E-state index in [0.29, 0.717) is 12.5 Å². The first-order chi connectivity index (χ1) is 9.65. The first kappa shape index (κ1) is 16.8. The van der Waals surface area contributed by atoms with Crippen molar-refractivity contribution in [3.05, 3.63) is 23.8 Å². The van der Waals surface area contributed by atoms with Gasteiger partial charge in [0.25, 0.3) is 0 Å². The summed E-state index contributed by atoms with van der Waals surface area (Å²) in [4.78, 5) is 12.2. The molecule has 4 heteroatoms. The van der Waals surface area contributed by atoms with E-state index in [2.05, 4.69) is 5.32 Å². The second-order valence-electron chi connectivity index (χ2n) is 4.71. The molecule has 0 aliphatic heterocycles. The van der Waals surface area contributed by atoms with Gasteiger partial charge in [-0.1, -0.05) is 19.9 Å². The molecule has 1 aromatic carbocycles. The molecule has 0 radical (unpaired) electrons. The van der Waals surface area contributed by atoms with Crippen LogP contribution in [0.2, 0.25) is 0 Å². The molecule has 0 saturated heterocycles. The Balaban J connectivity index is 2.90. The summed E-state index contributed by atoms with van der Waals surface area (Å²) in [5.41, 5.74) is 1.85. The summed E-state index contributed by atoms with van der Waals surface area (Å²) < 4.78 is 5.61. The summed E-state index contributed by atoms with van der Waals surface area (Å²) in [6.45, 7) is 6.56. The van der Waals surface area contributed by atoms with Crippen LogP contribution in [-0.4, -0.2) is 18.4 Å². The smallest absolute Gasteiger partial charge is 0.227 e. The lowest BCUT2D eigenvalue weighted by Gasteiger charge is -2.16. The van der Waals surface area contributed by atoms with E-state index in [1.54, 1.807) is 0 Å². The Kier molecular flexibility index (Phi) is 7.45. The number of benzene rings is 1. The van der Waals surface area contributed by atoms with Crippen molar-refractivity contribution < 1.29 is 9.53 Å². The minimum Gasteiger partial charge on any atom is -0.492 e. The van der Waals surface area contributed by atoms with Crippen LogP contribution in [0.3, 0.4) is 0 Å². The number of carbonyl (C=O) groups is 1. The summed E-state index contributed by atoms with van der Waals surface area (Å²) in [7, 11) is 0. The van der Waals surface area contributed by atoms with E-state index in [0.717, 1.165) is 36.3 Å². The molecule has 0 heterocycles. The second-order valence-corrected chi connectivity index (χ2v) is 5.08. The van der Waals surface area contributed by atoms with Gasteiger partial charge in [-0.25, -0.2) is 0 Å². The molecule has 0 bridgehead atoms. The Morgan fingerprint density at radius 3 is 2.55 bits per heavy atom. The van der Waals surface area contributed by atoms with E-state index in [-0.39, 0.29) is 11.8 Å². The predicted molar refractivity (Wildman–Crippen MR) is 84.7 cm³/mol. The molecule has 0 unspecified atom stereocenters. The van der Waals surface area contributed by atoms with Gasteiger partial charge in [0.2, 0.25) is 5.91 Å². The zero-order chi connectivity index (χ0) is 15.0. The van der Waals surface area contributed by atoms with Crippen molar-refractivity contribution in [3.8, 4) is 5.75 Å². The largest absolute Gasteiger partial charge is 0.492 e. The van der Waals surface area contributed by atoms with Crippen molar-refractivity contribution >= 4 is 23.2 Å². The number of ether oxygens (including phenoxy) is 1. The third-order valence-electron chi connectivity index (χ3n) is 3.34. The average Bonchev–Trinajstić information content (AvgIpc) is 2.43. The predicted octanol–water partition coefficient (Wildman–Crippen LogP) is 4.24. The quantitative estimate of drug-likeness (QED) is 0.729. The number of aryl methyl sites for hydroxylation is 1. The van der Waals surface area contributed by atoms with Crippen LogP contribution in [0.4, 0.5) is 5.69 Å². The van der Waals surface area contributed by atoms with E-state index < -0.39 is 0 Å². The van der Waals surface area contributed by atoms with Crippen LogP contribution in [-0.2, 0) is 11.2 Å². The summed E-state index contributed by atoms with van der Waals surface area (Å²) in [5.74, 6) is 1.40. The summed E-state index contributed by atoms with van der Waals surface area (Å²) >= 11 is 5.76. The monoisotopic (exact) mass is 297 g/mol. The first-order valence-corrected chi connectivity index (χ1v) is 7.82. The van der Waals surface area contributed by atoms with Crippen LogP contribution in [0.5, 0.6) is 5.75 Å². The normalized spacial score (nSPS) is 10.7. The maximum atomic E-state index is 12.2. The molecule has 0 aliphatic carbocycles. The molecule has 1 N–H and O–H groups in total. The highest BCUT2D eigenvalue weighted by Gasteiger charge is 2.16. The summed E-state index contributed by atoms with van der Waals surface area (Å²) in [6, 6.07) is 5.83.